The molecule has 5 heteroatoms. The third-order valence-corrected chi connectivity index (χ3v) is 5.89. The second-order valence-corrected chi connectivity index (χ2v) is 9.26. The van der Waals surface area contributed by atoms with Crippen molar-refractivity contribution >= 4 is 10.9 Å². The number of pyridine rings is 1. The highest BCUT2D eigenvalue weighted by Gasteiger charge is 2.20. The first kappa shape index (κ1) is 27.6. The lowest BCUT2D eigenvalue weighted by Gasteiger charge is -2.18. The molecule has 0 saturated heterocycles. The van der Waals surface area contributed by atoms with Crippen molar-refractivity contribution in [3.8, 4) is 17.2 Å². The number of aryl methyl sites for hydroxylation is 1. The van der Waals surface area contributed by atoms with Crippen LogP contribution in [0.2, 0.25) is 0 Å². The van der Waals surface area contributed by atoms with Crippen LogP contribution in [0.15, 0.2) is 46.3 Å². The fourth-order valence-electron chi connectivity index (χ4n) is 3.86. The summed E-state index contributed by atoms with van der Waals surface area (Å²) in [4.78, 5) is 13.5. The van der Waals surface area contributed by atoms with E-state index in [2.05, 4.69) is 40.7 Å². The Bertz CT molecular complexity index is 1030. The third kappa shape index (κ3) is 8.27. The maximum Gasteiger partial charge on any atom is 0.297 e. The number of fused-ring (bicyclic) bond motifs is 1. The maximum atomic E-state index is 13.5. The molecule has 2 aromatic rings. The van der Waals surface area contributed by atoms with Crippen LogP contribution in [0.1, 0.15) is 86.0 Å². The molecule has 0 aliphatic heterocycles. The topological polar surface area (TPSA) is 60.7 Å². The third-order valence-electron chi connectivity index (χ3n) is 5.89. The molecule has 2 rings (SSSR count). The minimum atomic E-state index is -0.203. The highest BCUT2D eigenvalue weighted by molar-refractivity contribution is 5.89. The van der Waals surface area contributed by atoms with Crippen molar-refractivity contribution in [3.05, 3.63) is 51.9 Å². The minimum Gasteiger partial charge on any atom is -0.508 e. The molecule has 1 aromatic heterocycles. The van der Waals surface area contributed by atoms with Crippen LogP contribution in [0, 0.1) is 0 Å². The molecular weight excluding hydrogens is 426 g/mol. The number of unbranched alkanes of at least 4 members (excludes halogenated alkanes) is 4. The first-order valence-electron chi connectivity index (χ1n) is 12.8. The summed E-state index contributed by atoms with van der Waals surface area (Å²) in [5.74, 6) is 0.882. The Kier molecular flexibility index (Phi) is 11.8. The van der Waals surface area contributed by atoms with Gasteiger partial charge in [-0.1, -0.05) is 56.8 Å². The van der Waals surface area contributed by atoms with Crippen LogP contribution in [0.4, 0.5) is 0 Å². The number of rotatable bonds is 15. The van der Waals surface area contributed by atoms with Crippen LogP contribution in [-0.4, -0.2) is 22.9 Å². The summed E-state index contributed by atoms with van der Waals surface area (Å²) in [6, 6.07) is 5.10. The second-order valence-electron chi connectivity index (χ2n) is 9.26. The minimum absolute atomic E-state index is 0.134. The van der Waals surface area contributed by atoms with E-state index in [1.165, 1.54) is 11.1 Å². The molecule has 0 amide bonds. The molecule has 0 spiro atoms. The summed E-state index contributed by atoms with van der Waals surface area (Å²) in [6.07, 6.45) is 12.4. The molecule has 0 atom stereocenters. The average molecular weight is 470 g/mol. The largest absolute Gasteiger partial charge is 0.508 e. The number of allylic oxidation sites excluding steroid dienone is 3. The van der Waals surface area contributed by atoms with Crippen LogP contribution in [-0.2, 0) is 6.54 Å². The van der Waals surface area contributed by atoms with Crippen LogP contribution in [0.5, 0.6) is 17.2 Å². The summed E-state index contributed by atoms with van der Waals surface area (Å²) in [7, 11) is 0. The Labute approximate surface area is 205 Å². The highest BCUT2D eigenvalue weighted by atomic mass is 16.5. The van der Waals surface area contributed by atoms with Gasteiger partial charge in [0.25, 0.3) is 5.56 Å². The first-order valence-corrected chi connectivity index (χ1v) is 12.8. The van der Waals surface area contributed by atoms with Gasteiger partial charge in [0.15, 0.2) is 5.75 Å². The number of aromatic hydroxyl groups is 1. The summed E-state index contributed by atoms with van der Waals surface area (Å²) >= 11 is 0. The Morgan fingerprint density at radius 1 is 0.971 bits per heavy atom. The number of phenols is 1. The normalized spacial score (nSPS) is 11.6. The lowest BCUT2D eigenvalue weighted by molar-refractivity contribution is 0.275. The van der Waals surface area contributed by atoms with Crippen LogP contribution in [0.25, 0.3) is 10.9 Å². The van der Waals surface area contributed by atoms with E-state index >= 15 is 0 Å². The number of phenolic OH excluding ortho intramolecular Hbond substituents is 1. The summed E-state index contributed by atoms with van der Waals surface area (Å²) in [5, 5.41) is 10.9. The van der Waals surface area contributed by atoms with E-state index in [1.807, 2.05) is 12.1 Å². The fraction of sp³-hybridized carbons (Fsp3) is 0.552. The molecule has 0 saturated carbocycles. The van der Waals surface area contributed by atoms with Crippen LogP contribution >= 0.6 is 0 Å². The highest BCUT2D eigenvalue weighted by Crippen LogP contribution is 2.35. The van der Waals surface area contributed by atoms with E-state index in [0.717, 1.165) is 56.8 Å². The molecule has 0 unspecified atom stereocenters. The van der Waals surface area contributed by atoms with Crippen molar-refractivity contribution in [2.45, 2.75) is 92.5 Å². The van der Waals surface area contributed by atoms with Crippen molar-refractivity contribution < 1.29 is 14.6 Å². The molecule has 188 valence electrons. The number of aromatic nitrogens is 1. The van der Waals surface area contributed by atoms with Crippen LogP contribution < -0.4 is 15.0 Å². The Morgan fingerprint density at radius 2 is 1.74 bits per heavy atom. The van der Waals surface area contributed by atoms with Gasteiger partial charge < -0.3 is 19.1 Å². The van der Waals surface area contributed by atoms with Gasteiger partial charge in [-0.3, -0.25) is 4.79 Å². The standard InChI is InChI=1S/C29H43NO4/c1-6-8-10-11-19-33-27-25-16-15-24(31)21-26(25)30(18-9-7-2)29(32)28(27)34-20-17-23(5)14-12-13-22(3)4/h13,15-17,21,31H,6-12,14,18-20H2,1-5H3/b23-17+. The Balaban J connectivity index is 2.39. The molecule has 34 heavy (non-hydrogen) atoms. The number of hydrogen-bond acceptors (Lipinski definition) is 4. The lowest BCUT2D eigenvalue weighted by Crippen LogP contribution is -2.24. The molecule has 1 aromatic carbocycles. The molecule has 0 radical (unpaired) electrons. The zero-order valence-electron chi connectivity index (χ0n) is 21.8. The van der Waals surface area contributed by atoms with Crippen molar-refractivity contribution in [2.75, 3.05) is 13.2 Å². The molecule has 0 aliphatic carbocycles. The van der Waals surface area contributed by atoms with E-state index in [1.54, 1.807) is 16.7 Å². The van der Waals surface area contributed by atoms with Gasteiger partial charge in [-0.25, -0.2) is 0 Å². The number of benzene rings is 1. The molecular formula is C29H43NO4. The molecule has 0 fully saturated rings. The monoisotopic (exact) mass is 469 g/mol. The SMILES string of the molecule is CCCCCCOc1c(OC/C=C(\C)CCC=C(C)C)c(=O)n(CCCC)c2cc(O)ccc12. The van der Waals surface area contributed by atoms with Gasteiger partial charge in [-0.15, -0.1) is 0 Å². The van der Waals surface area contributed by atoms with E-state index < -0.39 is 0 Å². The molecule has 5 nitrogen and oxygen atoms in total. The van der Waals surface area contributed by atoms with Gasteiger partial charge in [0.05, 0.1) is 12.1 Å². The average Bonchev–Trinajstić information content (AvgIpc) is 2.79. The smallest absolute Gasteiger partial charge is 0.297 e. The number of hydrogen-bond donors (Lipinski definition) is 1. The van der Waals surface area contributed by atoms with Gasteiger partial charge in [-0.2, -0.15) is 0 Å². The first-order chi connectivity index (χ1) is 16.4. The summed E-state index contributed by atoms with van der Waals surface area (Å²) in [5.41, 5.74) is 3.03. The van der Waals surface area contributed by atoms with Crippen molar-refractivity contribution in [1.29, 1.82) is 0 Å². The maximum absolute atomic E-state index is 13.5. The van der Waals surface area contributed by atoms with Crippen molar-refractivity contribution in [3.63, 3.8) is 0 Å². The van der Waals surface area contributed by atoms with Gasteiger partial charge in [0.1, 0.15) is 12.4 Å². The van der Waals surface area contributed by atoms with Gasteiger partial charge in [0.2, 0.25) is 5.75 Å². The van der Waals surface area contributed by atoms with Crippen molar-refractivity contribution in [1.82, 2.24) is 4.57 Å². The van der Waals surface area contributed by atoms with Crippen molar-refractivity contribution in [2.24, 2.45) is 0 Å². The lowest BCUT2D eigenvalue weighted by atomic mass is 10.1. The van der Waals surface area contributed by atoms with E-state index in [-0.39, 0.29) is 17.1 Å². The zero-order chi connectivity index (χ0) is 24.9. The number of nitrogens with zero attached hydrogens (tertiary/aromatic N) is 1. The second kappa shape index (κ2) is 14.5. The van der Waals surface area contributed by atoms with Gasteiger partial charge in [0, 0.05) is 18.0 Å². The summed E-state index contributed by atoms with van der Waals surface area (Å²) < 4.78 is 14.0. The molecule has 0 bridgehead atoms. The summed E-state index contributed by atoms with van der Waals surface area (Å²) in [6.45, 7) is 12.0. The Hall–Kier alpha value is -2.69. The van der Waals surface area contributed by atoms with E-state index in [0.29, 0.717) is 31.0 Å². The molecule has 1 N–H and O–H groups in total. The Morgan fingerprint density at radius 3 is 2.44 bits per heavy atom. The predicted octanol–water partition coefficient (Wildman–Crippen LogP) is 7.54. The van der Waals surface area contributed by atoms with Crippen LogP contribution in [0.3, 0.4) is 0 Å². The fourth-order valence-corrected chi connectivity index (χ4v) is 3.86. The van der Waals surface area contributed by atoms with Gasteiger partial charge >= 0.3 is 0 Å². The van der Waals surface area contributed by atoms with E-state index in [4.69, 9.17) is 9.47 Å². The molecule has 0 aliphatic rings. The zero-order valence-corrected chi connectivity index (χ0v) is 21.8. The van der Waals surface area contributed by atoms with E-state index in [9.17, 15) is 9.90 Å². The van der Waals surface area contributed by atoms with Gasteiger partial charge in [-0.05, 0) is 64.7 Å². The predicted molar refractivity (Wildman–Crippen MR) is 142 cm³/mol. The quantitative estimate of drug-likeness (QED) is 0.216. The number of ether oxygens (including phenoxy) is 2. The molecule has 1 heterocycles.